The zero-order chi connectivity index (χ0) is 15.2. The van der Waals surface area contributed by atoms with Crippen LogP contribution in [0.3, 0.4) is 0 Å². The van der Waals surface area contributed by atoms with Crippen LogP contribution in [0.4, 0.5) is 0 Å². The van der Waals surface area contributed by atoms with Gasteiger partial charge in [0, 0.05) is 11.8 Å². The number of nitrogens with zero attached hydrogens (tertiary/aromatic N) is 1. The molecule has 0 radical (unpaired) electrons. The summed E-state index contributed by atoms with van der Waals surface area (Å²) in [6, 6.07) is 11.0. The second kappa shape index (κ2) is 6.83. The van der Waals surface area contributed by atoms with Gasteiger partial charge in [0.15, 0.2) is 0 Å². The molecule has 0 aliphatic rings. The number of hydrogen-bond acceptors (Lipinski definition) is 3. The van der Waals surface area contributed by atoms with Gasteiger partial charge in [-0.1, -0.05) is 38.1 Å². The highest BCUT2D eigenvalue weighted by molar-refractivity contribution is 5.95. The SMILES string of the molecule is CC(C)CCC(=O)NNC(=O)c1ccc2ccccc2n1. The number of benzene rings is 1. The summed E-state index contributed by atoms with van der Waals surface area (Å²) >= 11 is 0. The van der Waals surface area contributed by atoms with Crippen LogP contribution in [0.1, 0.15) is 37.2 Å². The quantitative estimate of drug-likeness (QED) is 0.848. The van der Waals surface area contributed by atoms with Gasteiger partial charge in [-0.15, -0.1) is 0 Å². The molecular weight excluding hydrogens is 266 g/mol. The monoisotopic (exact) mass is 285 g/mol. The highest BCUT2D eigenvalue weighted by atomic mass is 16.2. The minimum absolute atomic E-state index is 0.196. The number of carbonyl (C=O) groups excluding carboxylic acids is 2. The standard InChI is InChI=1S/C16H19N3O2/c1-11(2)7-10-15(20)18-19-16(21)14-9-8-12-5-3-4-6-13(12)17-14/h3-6,8-9,11H,7,10H2,1-2H3,(H,18,20)(H,19,21). The average molecular weight is 285 g/mol. The maximum atomic E-state index is 11.9. The largest absolute Gasteiger partial charge is 0.288 e. The summed E-state index contributed by atoms with van der Waals surface area (Å²) in [5.41, 5.74) is 5.81. The molecular formula is C16H19N3O2. The molecule has 21 heavy (non-hydrogen) atoms. The van der Waals surface area contributed by atoms with E-state index in [0.717, 1.165) is 17.3 Å². The molecule has 0 unspecified atom stereocenters. The molecule has 2 rings (SSSR count). The first-order valence-corrected chi connectivity index (χ1v) is 7.01. The van der Waals surface area contributed by atoms with Crippen molar-refractivity contribution < 1.29 is 9.59 Å². The molecule has 0 bridgehead atoms. The van der Waals surface area contributed by atoms with Crippen molar-refractivity contribution in [2.45, 2.75) is 26.7 Å². The molecule has 1 aromatic carbocycles. The molecule has 0 saturated heterocycles. The Morgan fingerprint density at radius 2 is 1.86 bits per heavy atom. The molecule has 5 heteroatoms. The number of para-hydroxylation sites is 1. The van der Waals surface area contributed by atoms with E-state index in [4.69, 9.17) is 0 Å². The van der Waals surface area contributed by atoms with E-state index >= 15 is 0 Å². The molecule has 110 valence electrons. The lowest BCUT2D eigenvalue weighted by Gasteiger charge is -2.08. The van der Waals surface area contributed by atoms with E-state index in [-0.39, 0.29) is 11.6 Å². The van der Waals surface area contributed by atoms with Gasteiger partial charge in [0.2, 0.25) is 5.91 Å². The second-order valence-corrected chi connectivity index (χ2v) is 5.32. The molecule has 0 aliphatic heterocycles. The number of rotatable bonds is 4. The fourth-order valence-corrected chi connectivity index (χ4v) is 1.87. The van der Waals surface area contributed by atoms with Crippen LogP contribution in [0.5, 0.6) is 0 Å². The Bertz CT molecular complexity index is 653. The lowest BCUT2D eigenvalue weighted by molar-refractivity contribution is -0.122. The van der Waals surface area contributed by atoms with Crippen LogP contribution in [0.2, 0.25) is 0 Å². The molecule has 0 saturated carbocycles. The number of hydrazine groups is 1. The molecule has 2 N–H and O–H groups in total. The zero-order valence-electron chi connectivity index (χ0n) is 12.2. The van der Waals surface area contributed by atoms with Gasteiger partial charge in [-0.25, -0.2) is 4.98 Å². The third-order valence-electron chi connectivity index (χ3n) is 3.10. The van der Waals surface area contributed by atoms with E-state index in [2.05, 4.69) is 15.8 Å². The van der Waals surface area contributed by atoms with Gasteiger partial charge in [0.25, 0.3) is 5.91 Å². The Kier molecular flexibility index (Phi) is 4.87. The van der Waals surface area contributed by atoms with Gasteiger partial charge in [-0.2, -0.15) is 0 Å². The molecule has 1 heterocycles. The maximum absolute atomic E-state index is 11.9. The van der Waals surface area contributed by atoms with Gasteiger partial charge in [-0.05, 0) is 24.5 Å². The topological polar surface area (TPSA) is 71.1 Å². The Labute approximate surface area is 123 Å². The van der Waals surface area contributed by atoms with Crippen LogP contribution < -0.4 is 10.9 Å². The molecule has 0 atom stereocenters. The van der Waals surface area contributed by atoms with Crippen molar-refractivity contribution in [1.82, 2.24) is 15.8 Å². The van der Waals surface area contributed by atoms with Crippen molar-refractivity contribution in [3.8, 4) is 0 Å². The van der Waals surface area contributed by atoms with E-state index in [1.807, 2.05) is 44.2 Å². The first-order valence-electron chi connectivity index (χ1n) is 7.01. The lowest BCUT2D eigenvalue weighted by atomic mass is 10.1. The van der Waals surface area contributed by atoms with Crippen molar-refractivity contribution >= 4 is 22.7 Å². The number of aromatic nitrogens is 1. The summed E-state index contributed by atoms with van der Waals surface area (Å²) < 4.78 is 0. The molecule has 2 amide bonds. The van der Waals surface area contributed by atoms with E-state index < -0.39 is 5.91 Å². The smallest absolute Gasteiger partial charge is 0.273 e. The molecule has 0 spiro atoms. The van der Waals surface area contributed by atoms with Gasteiger partial charge in [0.05, 0.1) is 5.52 Å². The van der Waals surface area contributed by atoms with E-state index in [1.165, 1.54) is 0 Å². The predicted octanol–water partition coefficient (Wildman–Crippen LogP) is 2.43. The van der Waals surface area contributed by atoms with Crippen LogP contribution in [-0.2, 0) is 4.79 Å². The van der Waals surface area contributed by atoms with E-state index in [9.17, 15) is 9.59 Å². The fraction of sp³-hybridized carbons (Fsp3) is 0.312. The molecule has 5 nitrogen and oxygen atoms in total. The number of hydrogen-bond donors (Lipinski definition) is 2. The van der Waals surface area contributed by atoms with Crippen molar-refractivity contribution in [2.75, 3.05) is 0 Å². The highest BCUT2D eigenvalue weighted by Crippen LogP contribution is 2.11. The zero-order valence-corrected chi connectivity index (χ0v) is 12.2. The Morgan fingerprint density at radius 1 is 1.10 bits per heavy atom. The van der Waals surface area contributed by atoms with Crippen LogP contribution in [0.15, 0.2) is 36.4 Å². The number of fused-ring (bicyclic) bond motifs is 1. The van der Waals surface area contributed by atoms with E-state index in [1.54, 1.807) is 6.07 Å². The summed E-state index contributed by atoms with van der Waals surface area (Å²) in [6.07, 6.45) is 1.18. The normalized spacial score (nSPS) is 10.6. The van der Waals surface area contributed by atoms with Gasteiger partial charge < -0.3 is 0 Å². The molecule has 0 fully saturated rings. The molecule has 1 aromatic heterocycles. The van der Waals surface area contributed by atoms with E-state index in [0.29, 0.717) is 12.3 Å². The Balaban J connectivity index is 1.94. The van der Waals surface area contributed by atoms with Crippen LogP contribution in [0, 0.1) is 5.92 Å². The number of carbonyl (C=O) groups is 2. The van der Waals surface area contributed by atoms with Crippen molar-refractivity contribution in [3.05, 3.63) is 42.1 Å². The minimum Gasteiger partial charge on any atom is -0.273 e. The molecule has 2 aromatic rings. The summed E-state index contributed by atoms with van der Waals surface area (Å²) in [7, 11) is 0. The third-order valence-corrected chi connectivity index (χ3v) is 3.10. The van der Waals surface area contributed by atoms with Crippen LogP contribution in [-0.4, -0.2) is 16.8 Å². The summed E-state index contributed by atoms with van der Waals surface area (Å²) in [5, 5.41) is 0.968. The molecule has 0 aliphatic carbocycles. The Hall–Kier alpha value is -2.43. The summed E-state index contributed by atoms with van der Waals surface area (Å²) in [6.45, 7) is 4.09. The fourth-order valence-electron chi connectivity index (χ4n) is 1.87. The van der Waals surface area contributed by atoms with Gasteiger partial charge >= 0.3 is 0 Å². The van der Waals surface area contributed by atoms with Crippen molar-refractivity contribution in [1.29, 1.82) is 0 Å². The first-order chi connectivity index (χ1) is 10.1. The summed E-state index contributed by atoms with van der Waals surface area (Å²) in [4.78, 5) is 27.8. The predicted molar refractivity (Wildman–Crippen MR) is 81.4 cm³/mol. The summed E-state index contributed by atoms with van der Waals surface area (Å²) in [5.74, 6) is -0.162. The maximum Gasteiger partial charge on any atom is 0.288 e. The first kappa shape index (κ1) is 15.0. The van der Waals surface area contributed by atoms with Crippen LogP contribution in [0.25, 0.3) is 10.9 Å². The Morgan fingerprint density at radius 3 is 2.62 bits per heavy atom. The number of pyridine rings is 1. The number of amides is 2. The highest BCUT2D eigenvalue weighted by Gasteiger charge is 2.09. The van der Waals surface area contributed by atoms with Crippen LogP contribution >= 0.6 is 0 Å². The average Bonchev–Trinajstić information content (AvgIpc) is 2.50. The second-order valence-electron chi connectivity index (χ2n) is 5.32. The third kappa shape index (κ3) is 4.27. The minimum atomic E-state index is -0.418. The number of nitrogens with one attached hydrogen (secondary N) is 2. The van der Waals surface area contributed by atoms with Crippen molar-refractivity contribution in [2.24, 2.45) is 5.92 Å². The van der Waals surface area contributed by atoms with Gasteiger partial charge in [-0.3, -0.25) is 20.4 Å². The van der Waals surface area contributed by atoms with Gasteiger partial charge in [0.1, 0.15) is 5.69 Å². The lowest BCUT2D eigenvalue weighted by Crippen LogP contribution is -2.41. The van der Waals surface area contributed by atoms with Crippen molar-refractivity contribution in [3.63, 3.8) is 0 Å².